The van der Waals surface area contributed by atoms with E-state index < -0.39 is 12.2 Å². The normalized spacial score (nSPS) is 13.7. The molecule has 226 valence electrons. The second kappa shape index (κ2) is 11.8. The summed E-state index contributed by atoms with van der Waals surface area (Å²) in [5, 5.41) is 3.29. The Hall–Kier alpha value is -5.09. The number of aldehydes is 1. The standard InChI is InChI=1S/C35H30F2N6O2/c1-20-24(7-5-9-26(20)35-41-28-15-22(19-44)11-12-30(28)45-35)25-8-6-10-27(21(25)2)39-33-31-29(40-34(42-33)32(36)37)16-23(17-38-31)18-43-13-3-4-14-43/h5-12,15-17,19,32H,3-4,13-14,18H2,1-2H3,(H,39,40,42). The molecule has 10 heteroatoms. The predicted octanol–water partition coefficient (Wildman–Crippen LogP) is 8.21. The molecule has 3 aromatic heterocycles. The van der Waals surface area contributed by atoms with Crippen LogP contribution in [0.5, 0.6) is 0 Å². The Labute approximate surface area is 258 Å². The second-order valence-corrected chi connectivity index (χ2v) is 11.4. The number of oxazole rings is 1. The molecule has 1 N–H and O–H groups in total. The predicted molar refractivity (Wildman–Crippen MR) is 170 cm³/mol. The Kier molecular flexibility index (Phi) is 7.50. The van der Waals surface area contributed by atoms with Gasteiger partial charge in [0.15, 0.2) is 17.2 Å². The van der Waals surface area contributed by atoms with Crippen molar-refractivity contribution < 1.29 is 18.0 Å². The lowest BCUT2D eigenvalue weighted by atomic mass is 9.93. The van der Waals surface area contributed by atoms with Crippen LogP contribution in [0, 0.1) is 13.8 Å². The zero-order chi connectivity index (χ0) is 31.1. The van der Waals surface area contributed by atoms with Gasteiger partial charge in [0, 0.05) is 29.6 Å². The zero-order valence-corrected chi connectivity index (χ0v) is 24.8. The van der Waals surface area contributed by atoms with Gasteiger partial charge in [0.2, 0.25) is 5.89 Å². The summed E-state index contributed by atoms with van der Waals surface area (Å²) in [5.74, 6) is 0.150. The second-order valence-electron chi connectivity index (χ2n) is 11.4. The van der Waals surface area contributed by atoms with Crippen LogP contribution in [0.15, 0.2) is 71.3 Å². The molecule has 8 nitrogen and oxygen atoms in total. The number of hydrogen-bond acceptors (Lipinski definition) is 8. The first-order valence-electron chi connectivity index (χ1n) is 14.9. The molecule has 1 saturated heterocycles. The van der Waals surface area contributed by atoms with Crippen LogP contribution in [0.3, 0.4) is 0 Å². The Morgan fingerprint density at radius 3 is 2.44 bits per heavy atom. The number of halogens is 2. The SMILES string of the molecule is Cc1c(Nc2nc(C(F)F)nc3cc(CN4CCCC4)cnc23)cccc1-c1cccc(-c2nc3cc(C=O)ccc3o2)c1C. The van der Waals surface area contributed by atoms with Crippen LogP contribution in [0.2, 0.25) is 0 Å². The summed E-state index contributed by atoms with van der Waals surface area (Å²) >= 11 is 0. The van der Waals surface area contributed by atoms with E-state index in [0.29, 0.717) is 45.8 Å². The van der Waals surface area contributed by atoms with E-state index in [2.05, 4.69) is 30.2 Å². The summed E-state index contributed by atoms with van der Waals surface area (Å²) in [6.07, 6.45) is 2.06. The molecule has 0 radical (unpaired) electrons. The van der Waals surface area contributed by atoms with Crippen LogP contribution in [-0.4, -0.2) is 44.2 Å². The number of aromatic nitrogens is 4. The van der Waals surface area contributed by atoms with E-state index in [1.54, 1.807) is 24.4 Å². The summed E-state index contributed by atoms with van der Waals surface area (Å²) < 4.78 is 33.9. The van der Waals surface area contributed by atoms with Crippen LogP contribution < -0.4 is 5.32 Å². The Bertz CT molecular complexity index is 2070. The van der Waals surface area contributed by atoms with Gasteiger partial charge < -0.3 is 9.73 Å². The minimum atomic E-state index is -2.83. The minimum Gasteiger partial charge on any atom is -0.436 e. The van der Waals surface area contributed by atoms with Crippen LogP contribution in [0.1, 0.15) is 52.1 Å². The Balaban J connectivity index is 1.25. The number of nitrogens with one attached hydrogen (secondary N) is 1. The number of carbonyl (C=O) groups is 1. The van der Waals surface area contributed by atoms with E-state index in [4.69, 9.17) is 4.42 Å². The highest BCUT2D eigenvalue weighted by Gasteiger charge is 2.20. The molecule has 45 heavy (non-hydrogen) atoms. The maximum Gasteiger partial charge on any atom is 0.297 e. The smallest absolute Gasteiger partial charge is 0.297 e. The maximum atomic E-state index is 13.9. The van der Waals surface area contributed by atoms with Gasteiger partial charge in [-0.05, 0) is 104 Å². The lowest BCUT2D eigenvalue weighted by molar-refractivity contribution is 0.112. The lowest BCUT2D eigenvalue weighted by Crippen LogP contribution is -2.18. The molecule has 4 heterocycles. The summed E-state index contributed by atoms with van der Waals surface area (Å²) in [4.78, 5) is 31.2. The molecule has 0 spiro atoms. The maximum absolute atomic E-state index is 13.9. The van der Waals surface area contributed by atoms with Crippen molar-refractivity contribution in [2.24, 2.45) is 0 Å². The minimum absolute atomic E-state index is 0.231. The lowest BCUT2D eigenvalue weighted by Gasteiger charge is -2.17. The Morgan fingerprint density at radius 1 is 0.911 bits per heavy atom. The average molecular weight is 605 g/mol. The number of alkyl halides is 2. The molecule has 0 bridgehead atoms. The quantitative estimate of drug-likeness (QED) is 0.174. The third-order valence-corrected chi connectivity index (χ3v) is 8.40. The summed E-state index contributed by atoms with van der Waals surface area (Å²) in [6, 6.07) is 18.7. The first-order chi connectivity index (χ1) is 21.9. The third-order valence-electron chi connectivity index (χ3n) is 8.40. The van der Waals surface area contributed by atoms with Crippen molar-refractivity contribution in [1.82, 2.24) is 24.8 Å². The topological polar surface area (TPSA) is 97.0 Å². The van der Waals surface area contributed by atoms with E-state index in [9.17, 15) is 13.6 Å². The van der Waals surface area contributed by atoms with Gasteiger partial charge in [-0.15, -0.1) is 0 Å². The van der Waals surface area contributed by atoms with E-state index in [-0.39, 0.29) is 5.82 Å². The fourth-order valence-corrected chi connectivity index (χ4v) is 6.03. The van der Waals surface area contributed by atoms with Crippen molar-refractivity contribution in [3.63, 3.8) is 0 Å². The van der Waals surface area contributed by atoms with Gasteiger partial charge in [0.05, 0.1) is 5.52 Å². The monoisotopic (exact) mass is 604 g/mol. The highest BCUT2D eigenvalue weighted by Crippen LogP contribution is 2.37. The van der Waals surface area contributed by atoms with Gasteiger partial charge in [0.25, 0.3) is 6.43 Å². The fraction of sp³-hybridized carbons (Fsp3) is 0.229. The van der Waals surface area contributed by atoms with Crippen molar-refractivity contribution in [3.8, 4) is 22.6 Å². The van der Waals surface area contributed by atoms with Gasteiger partial charge in [-0.1, -0.05) is 24.3 Å². The molecule has 0 unspecified atom stereocenters. The van der Waals surface area contributed by atoms with Crippen LogP contribution in [0.25, 0.3) is 44.7 Å². The van der Waals surface area contributed by atoms with Crippen LogP contribution in [0.4, 0.5) is 20.3 Å². The Morgan fingerprint density at radius 2 is 1.67 bits per heavy atom. The molecular formula is C35H30F2N6O2. The molecule has 3 aromatic carbocycles. The van der Waals surface area contributed by atoms with E-state index in [1.165, 1.54) is 0 Å². The number of nitrogens with zero attached hydrogens (tertiary/aromatic N) is 5. The zero-order valence-electron chi connectivity index (χ0n) is 24.8. The number of rotatable bonds is 8. The van der Waals surface area contributed by atoms with E-state index >= 15 is 0 Å². The van der Waals surface area contributed by atoms with Gasteiger partial charge >= 0.3 is 0 Å². The number of anilines is 2. The van der Waals surface area contributed by atoms with Crippen molar-refractivity contribution >= 4 is 39.9 Å². The van der Waals surface area contributed by atoms with Crippen LogP contribution in [-0.2, 0) is 6.54 Å². The van der Waals surface area contributed by atoms with Gasteiger partial charge in [-0.25, -0.2) is 23.7 Å². The van der Waals surface area contributed by atoms with E-state index in [0.717, 1.165) is 65.6 Å². The molecular weight excluding hydrogens is 574 g/mol. The number of benzene rings is 3. The molecule has 1 aliphatic heterocycles. The molecule has 1 aliphatic rings. The highest BCUT2D eigenvalue weighted by atomic mass is 19.3. The molecule has 0 amide bonds. The first kappa shape index (κ1) is 28.7. The van der Waals surface area contributed by atoms with Crippen molar-refractivity contribution in [1.29, 1.82) is 0 Å². The first-order valence-corrected chi connectivity index (χ1v) is 14.9. The summed E-state index contributed by atoms with van der Waals surface area (Å²) in [7, 11) is 0. The number of pyridine rings is 1. The number of likely N-dealkylation sites (tertiary alicyclic amines) is 1. The molecule has 0 aliphatic carbocycles. The van der Waals surface area contributed by atoms with Gasteiger partial charge in [0.1, 0.15) is 17.3 Å². The van der Waals surface area contributed by atoms with Gasteiger partial charge in [-0.2, -0.15) is 0 Å². The van der Waals surface area contributed by atoms with Crippen LogP contribution >= 0.6 is 0 Å². The average Bonchev–Trinajstić information content (AvgIpc) is 3.71. The van der Waals surface area contributed by atoms with Crippen molar-refractivity contribution in [2.75, 3.05) is 18.4 Å². The number of carbonyl (C=O) groups excluding carboxylic acids is 1. The summed E-state index contributed by atoms with van der Waals surface area (Å²) in [5.41, 5.74) is 8.81. The van der Waals surface area contributed by atoms with Gasteiger partial charge in [-0.3, -0.25) is 14.7 Å². The molecule has 7 rings (SSSR count). The van der Waals surface area contributed by atoms with Crippen molar-refractivity contribution in [2.45, 2.75) is 39.7 Å². The molecule has 6 aromatic rings. The molecule has 0 saturated carbocycles. The molecule has 1 fully saturated rings. The fourth-order valence-electron chi connectivity index (χ4n) is 6.03. The molecule has 0 atom stereocenters. The largest absolute Gasteiger partial charge is 0.436 e. The highest BCUT2D eigenvalue weighted by molar-refractivity contribution is 5.90. The number of hydrogen-bond donors (Lipinski definition) is 1. The van der Waals surface area contributed by atoms with E-state index in [1.807, 2.05) is 56.3 Å². The number of fused-ring (bicyclic) bond motifs is 2. The third kappa shape index (κ3) is 5.53. The van der Waals surface area contributed by atoms with Crippen molar-refractivity contribution in [3.05, 3.63) is 94.9 Å². The summed E-state index contributed by atoms with van der Waals surface area (Å²) in [6.45, 7) is 6.73.